The van der Waals surface area contributed by atoms with E-state index in [4.69, 9.17) is 4.74 Å². The van der Waals surface area contributed by atoms with Gasteiger partial charge in [-0.05, 0) is 30.9 Å². The number of unbranched alkanes of at least 4 members (excludes halogenated alkanes) is 2. The van der Waals surface area contributed by atoms with Gasteiger partial charge in [0, 0.05) is 0 Å². The lowest BCUT2D eigenvalue weighted by atomic mass is 9.93. The highest BCUT2D eigenvalue weighted by molar-refractivity contribution is 7.86. The van der Waals surface area contributed by atoms with Crippen LogP contribution < -0.4 is 4.74 Å². The second kappa shape index (κ2) is 9.85. The normalized spacial score (nSPS) is 13.3. The van der Waals surface area contributed by atoms with Crippen LogP contribution in [0.15, 0.2) is 30.3 Å². The average molecular weight is 328 g/mol. The monoisotopic (exact) mass is 328 g/mol. The molecule has 0 radical (unpaired) electrons. The van der Waals surface area contributed by atoms with Crippen molar-refractivity contribution in [2.45, 2.75) is 57.6 Å². The van der Waals surface area contributed by atoms with Crippen LogP contribution in [0.4, 0.5) is 0 Å². The molecule has 0 saturated heterocycles. The van der Waals surface area contributed by atoms with Gasteiger partial charge in [0.1, 0.15) is 17.6 Å². The van der Waals surface area contributed by atoms with E-state index < -0.39 is 15.4 Å². The zero-order valence-electron chi connectivity index (χ0n) is 13.6. The first-order valence-electron chi connectivity index (χ1n) is 8.13. The Hall–Kier alpha value is -1.07. The van der Waals surface area contributed by atoms with Crippen molar-refractivity contribution >= 4 is 10.1 Å². The Bertz CT molecular complexity index is 491. The minimum absolute atomic E-state index is 0.000934. The summed E-state index contributed by atoms with van der Waals surface area (Å²) in [6.07, 6.45) is 5.57. The zero-order chi connectivity index (χ0) is 16.4. The molecule has 4 nitrogen and oxygen atoms in total. The summed E-state index contributed by atoms with van der Waals surface area (Å²) < 4.78 is 38.8. The maximum absolute atomic E-state index is 11.8. The number of hydrogen-bond donors (Lipinski definition) is 1. The van der Waals surface area contributed by atoms with E-state index in [0.29, 0.717) is 5.75 Å². The summed E-state index contributed by atoms with van der Waals surface area (Å²) in [4.78, 5) is 0. The summed E-state index contributed by atoms with van der Waals surface area (Å²) in [6, 6.07) is 9.12. The number of rotatable bonds is 11. The van der Waals surface area contributed by atoms with Crippen LogP contribution in [0.25, 0.3) is 0 Å². The van der Waals surface area contributed by atoms with Gasteiger partial charge in [-0.3, -0.25) is 4.55 Å². The van der Waals surface area contributed by atoms with Gasteiger partial charge in [-0.25, -0.2) is 0 Å². The Morgan fingerprint density at radius 2 is 1.59 bits per heavy atom. The Labute approximate surface area is 134 Å². The molecule has 1 aromatic carbocycles. The molecule has 22 heavy (non-hydrogen) atoms. The molecular formula is C17H28O4S. The van der Waals surface area contributed by atoms with Crippen LogP contribution in [0.3, 0.4) is 0 Å². The minimum atomic E-state index is -4.12. The molecule has 1 rings (SSSR count). The molecular weight excluding hydrogens is 300 g/mol. The summed E-state index contributed by atoms with van der Waals surface area (Å²) in [5, 5.41) is -0.856. The first-order valence-corrected chi connectivity index (χ1v) is 9.63. The first kappa shape index (κ1) is 19.0. The molecule has 1 N–H and O–H groups in total. The fourth-order valence-corrected chi connectivity index (χ4v) is 3.61. The van der Waals surface area contributed by atoms with Crippen LogP contribution in [0.2, 0.25) is 0 Å². The third-order valence-electron chi connectivity index (χ3n) is 3.92. The molecule has 0 aliphatic heterocycles. The Morgan fingerprint density at radius 3 is 2.05 bits per heavy atom. The molecule has 0 bridgehead atoms. The van der Waals surface area contributed by atoms with Gasteiger partial charge in [0.25, 0.3) is 10.1 Å². The Morgan fingerprint density at radius 1 is 1.05 bits per heavy atom. The zero-order valence-corrected chi connectivity index (χ0v) is 14.4. The van der Waals surface area contributed by atoms with Crippen LogP contribution in [0.5, 0.6) is 5.75 Å². The molecule has 1 unspecified atom stereocenters. The maximum Gasteiger partial charge on any atom is 0.271 e. The van der Waals surface area contributed by atoms with Gasteiger partial charge in [0.15, 0.2) is 0 Å². The van der Waals surface area contributed by atoms with Crippen molar-refractivity contribution in [1.82, 2.24) is 0 Å². The predicted molar refractivity (Wildman–Crippen MR) is 89.8 cm³/mol. The molecule has 0 aliphatic carbocycles. The molecule has 1 aromatic rings. The summed E-state index contributed by atoms with van der Waals surface area (Å²) in [5.41, 5.74) is 0. The second-order valence-corrected chi connectivity index (χ2v) is 7.36. The first-order chi connectivity index (χ1) is 10.5. The lowest BCUT2D eigenvalue weighted by Gasteiger charge is -2.25. The van der Waals surface area contributed by atoms with Gasteiger partial charge < -0.3 is 4.74 Å². The highest BCUT2D eigenvalue weighted by Crippen LogP contribution is 2.25. The lowest BCUT2D eigenvalue weighted by Crippen LogP contribution is -2.35. The summed E-state index contributed by atoms with van der Waals surface area (Å²) >= 11 is 0. The molecule has 0 spiro atoms. The second-order valence-electron chi connectivity index (χ2n) is 5.72. The van der Waals surface area contributed by atoms with E-state index in [0.717, 1.165) is 38.5 Å². The summed E-state index contributed by atoms with van der Waals surface area (Å²) in [5.74, 6) is 0.569. The average Bonchev–Trinajstić information content (AvgIpc) is 2.49. The minimum Gasteiger partial charge on any atom is -0.492 e. The highest BCUT2D eigenvalue weighted by atomic mass is 32.2. The number of benzene rings is 1. The van der Waals surface area contributed by atoms with E-state index >= 15 is 0 Å². The molecule has 1 atom stereocenters. The van der Waals surface area contributed by atoms with E-state index in [1.54, 1.807) is 12.1 Å². The van der Waals surface area contributed by atoms with E-state index in [9.17, 15) is 13.0 Å². The van der Waals surface area contributed by atoms with Crippen LogP contribution in [0.1, 0.15) is 52.4 Å². The van der Waals surface area contributed by atoms with Crippen molar-refractivity contribution in [3.05, 3.63) is 30.3 Å². The topological polar surface area (TPSA) is 63.6 Å². The smallest absolute Gasteiger partial charge is 0.271 e. The summed E-state index contributed by atoms with van der Waals surface area (Å²) in [7, 11) is -4.12. The van der Waals surface area contributed by atoms with Crippen molar-refractivity contribution in [3.63, 3.8) is 0 Å². The largest absolute Gasteiger partial charge is 0.492 e. The van der Waals surface area contributed by atoms with Gasteiger partial charge in [-0.15, -0.1) is 0 Å². The molecule has 126 valence electrons. The van der Waals surface area contributed by atoms with Gasteiger partial charge in [-0.2, -0.15) is 8.42 Å². The van der Waals surface area contributed by atoms with Crippen molar-refractivity contribution in [2.75, 3.05) is 6.61 Å². The molecule has 5 heteroatoms. The van der Waals surface area contributed by atoms with Crippen molar-refractivity contribution in [3.8, 4) is 5.75 Å². The predicted octanol–water partition coefficient (Wildman–Crippen LogP) is 4.32. The van der Waals surface area contributed by atoms with Crippen molar-refractivity contribution < 1.29 is 17.7 Å². The molecule has 0 saturated carbocycles. The maximum atomic E-state index is 11.8. The SMILES string of the molecule is CCCCC(CCCC)C(COc1ccccc1)S(=O)(=O)O. The van der Waals surface area contributed by atoms with Crippen molar-refractivity contribution in [1.29, 1.82) is 0 Å². The third-order valence-corrected chi connectivity index (χ3v) is 5.21. The van der Waals surface area contributed by atoms with E-state index in [1.807, 2.05) is 18.2 Å². The van der Waals surface area contributed by atoms with Gasteiger partial charge in [0.05, 0.1) is 0 Å². The third kappa shape index (κ3) is 6.79. The number of ether oxygens (including phenoxy) is 1. The lowest BCUT2D eigenvalue weighted by molar-refractivity contribution is 0.254. The van der Waals surface area contributed by atoms with E-state index in [1.165, 1.54) is 0 Å². The highest BCUT2D eigenvalue weighted by Gasteiger charge is 2.32. The summed E-state index contributed by atoms with van der Waals surface area (Å²) in [6.45, 7) is 4.17. The molecule has 0 aliphatic rings. The standard InChI is InChI=1S/C17H28O4S/c1-3-5-10-15(11-6-4-2)17(22(18,19)20)14-21-16-12-8-7-9-13-16/h7-9,12-13,15,17H,3-6,10-11,14H2,1-2H3,(H,18,19,20). The Balaban J connectivity index is 2.79. The van der Waals surface area contributed by atoms with Crippen LogP contribution in [-0.2, 0) is 10.1 Å². The van der Waals surface area contributed by atoms with Crippen LogP contribution in [-0.4, -0.2) is 24.8 Å². The molecule has 0 fully saturated rings. The number of para-hydroxylation sites is 1. The Kier molecular flexibility index (Phi) is 8.49. The van der Waals surface area contributed by atoms with Crippen molar-refractivity contribution in [2.24, 2.45) is 5.92 Å². The van der Waals surface area contributed by atoms with Crippen LogP contribution >= 0.6 is 0 Å². The van der Waals surface area contributed by atoms with Gasteiger partial charge >= 0.3 is 0 Å². The van der Waals surface area contributed by atoms with Gasteiger partial charge in [0.2, 0.25) is 0 Å². The van der Waals surface area contributed by atoms with Crippen LogP contribution in [0, 0.1) is 5.92 Å². The van der Waals surface area contributed by atoms with Gasteiger partial charge in [-0.1, -0.05) is 57.7 Å². The van der Waals surface area contributed by atoms with E-state index in [2.05, 4.69) is 13.8 Å². The molecule has 0 aromatic heterocycles. The fraction of sp³-hybridized carbons (Fsp3) is 0.647. The fourth-order valence-electron chi connectivity index (χ4n) is 2.61. The van der Waals surface area contributed by atoms with E-state index in [-0.39, 0.29) is 12.5 Å². The molecule has 0 amide bonds. The number of hydrogen-bond acceptors (Lipinski definition) is 3. The molecule has 0 heterocycles. The quantitative estimate of drug-likeness (QED) is 0.615.